The van der Waals surface area contributed by atoms with Crippen molar-refractivity contribution in [2.75, 3.05) is 0 Å². The van der Waals surface area contributed by atoms with Crippen molar-refractivity contribution >= 4 is 18.1 Å². The van der Waals surface area contributed by atoms with Crippen LogP contribution in [-0.2, 0) is 6.42 Å². The van der Waals surface area contributed by atoms with Crippen LogP contribution in [0.15, 0.2) is 48.5 Å². The lowest BCUT2D eigenvalue weighted by Gasteiger charge is -2.19. The summed E-state index contributed by atoms with van der Waals surface area (Å²) in [4.78, 5) is 10.1. The highest BCUT2D eigenvalue weighted by atomic mass is 35.5. The van der Waals surface area contributed by atoms with Crippen molar-refractivity contribution in [1.82, 2.24) is 0 Å². The molecule has 0 saturated heterocycles. The van der Waals surface area contributed by atoms with Crippen molar-refractivity contribution in [2.24, 2.45) is 5.73 Å². The van der Waals surface area contributed by atoms with Gasteiger partial charge in [-0.1, -0.05) is 30.3 Å². The summed E-state index contributed by atoms with van der Waals surface area (Å²) in [5.41, 5.74) is 6.38. The van der Waals surface area contributed by atoms with Gasteiger partial charge in [0.05, 0.1) is 17.1 Å². The van der Waals surface area contributed by atoms with Gasteiger partial charge in [-0.15, -0.1) is 12.4 Å². The molecule has 0 radical (unpaired) electrons. The molecule has 0 amide bonds. The molecule has 22 heavy (non-hydrogen) atoms. The highest BCUT2D eigenvalue weighted by Crippen LogP contribution is 2.24. The van der Waals surface area contributed by atoms with Gasteiger partial charge in [0.1, 0.15) is 5.82 Å². The SMILES string of the molecule is Cl.N[C@H](c1cc([N+](=O)[O-])ccc1F)[C@@H](O)Cc1ccccc1. The third kappa shape index (κ3) is 4.24. The van der Waals surface area contributed by atoms with Crippen molar-refractivity contribution in [3.05, 3.63) is 75.6 Å². The first-order valence-corrected chi connectivity index (χ1v) is 6.40. The number of rotatable bonds is 5. The van der Waals surface area contributed by atoms with Crippen LogP contribution in [0.1, 0.15) is 17.2 Å². The molecule has 2 atom stereocenters. The van der Waals surface area contributed by atoms with Crippen LogP contribution in [0.4, 0.5) is 10.1 Å². The number of halogens is 2. The lowest BCUT2D eigenvalue weighted by Crippen LogP contribution is -2.29. The number of aliphatic hydroxyl groups excluding tert-OH is 1. The maximum Gasteiger partial charge on any atom is 0.269 e. The molecule has 0 aliphatic heterocycles. The lowest BCUT2D eigenvalue weighted by atomic mass is 9.96. The minimum Gasteiger partial charge on any atom is -0.391 e. The highest BCUT2D eigenvalue weighted by Gasteiger charge is 2.22. The molecule has 0 heterocycles. The molecule has 2 aromatic rings. The Morgan fingerprint density at radius 2 is 1.86 bits per heavy atom. The average Bonchev–Trinajstić information content (AvgIpc) is 2.47. The Labute approximate surface area is 133 Å². The van der Waals surface area contributed by atoms with Crippen molar-refractivity contribution in [3.63, 3.8) is 0 Å². The van der Waals surface area contributed by atoms with Crippen molar-refractivity contribution in [1.29, 1.82) is 0 Å². The maximum absolute atomic E-state index is 13.8. The van der Waals surface area contributed by atoms with E-state index in [4.69, 9.17) is 5.73 Å². The zero-order chi connectivity index (χ0) is 15.4. The predicted molar refractivity (Wildman–Crippen MR) is 83.4 cm³/mol. The van der Waals surface area contributed by atoms with Crippen LogP contribution in [0, 0.1) is 15.9 Å². The fourth-order valence-electron chi connectivity index (χ4n) is 2.09. The highest BCUT2D eigenvalue weighted by molar-refractivity contribution is 5.85. The monoisotopic (exact) mass is 326 g/mol. The number of non-ortho nitro benzene ring substituents is 1. The summed E-state index contributed by atoms with van der Waals surface area (Å²) in [6.07, 6.45) is -0.798. The molecular formula is C15H16ClFN2O3. The number of hydrogen-bond acceptors (Lipinski definition) is 4. The van der Waals surface area contributed by atoms with Gasteiger partial charge < -0.3 is 10.8 Å². The number of nitrogens with zero attached hydrogens (tertiary/aromatic N) is 1. The number of nitro benzene ring substituents is 1. The summed E-state index contributed by atoms with van der Waals surface area (Å²) >= 11 is 0. The molecular weight excluding hydrogens is 311 g/mol. The van der Waals surface area contributed by atoms with Crippen LogP contribution in [0.2, 0.25) is 0 Å². The summed E-state index contributed by atoms with van der Waals surface area (Å²) in [6, 6.07) is 11.2. The van der Waals surface area contributed by atoms with E-state index in [1.54, 1.807) is 0 Å². The van der Waals surface area contributed by atoms with Crippen LogP contribution in [0.5, 0.6) is 0 Å². The molecule has 118 valence electrons. The normalized spacial score (nSPS) is 13.0. The second-order valence-corrected chi connectivity index (χ2v) is 4.75. The van der Waals surface area contributed by atoms with Gasteiger partial charge in [0, 0.05) is 24.1 Å². The standard InChI is InChI=1S/C15H15FN2O3.ClH/c16-13-7-6-11(18(20)21)9-12(13)15(17)14(19)8-10-4-2-1-3-5-10;/h1-7,9,14-15,19H,8,17H2;1H/t14-,15+;/m0./s1. The first-order chi connectivity index (χ1) is 9.99. The van der Waals surface area contributed by atoms with Crippen molar-refractivity contribution in [2.45, 2.75) is 18.6 Å². The van der Waals surface area contributed by atoms with E-state index in [9.17, 15) is 19.6 Å². The summed E-state index contributed by atoms with van der Waals surface area (Å²) in [7, 11) is 0. The van der Waals surface area contributed by atoms with Gasteiger partial charge in [-0.2, -0.15) is 0 Å². The van der Waals surface area contributed by atoms with Gasteiger partial charge >= 0.3 is 0 Å². The van der Waals surface area contributed by atoms with Gasteiger partial charge in [0.25, 0.3) is 5.69 Å². The first-order valence-electron chi connectivity index (χ1n) is 6.40. The molecule has 0 unspecified atom stereocenters. The zero-order valence-electron chi connectivity index (χ0n) is 11.6. The Morgan fingerprint density at radius 3 is 2.45 bits per heavy atom. The smallest absolute Gasteiger partial charge is 0.269 e. The minimum absolute atomic E-state index is 0. The Kier molecular flexibility index (Phi) is 6.42. The van der Waals surface area contributed by atoms with Crippen molar-refractivity contribution < 1.29 is 14.4 Å². The molecule has 3 N–H and O–H groups in total. The molecule has 0 spiro atoms. The van der Waals surface area contributed by atoms with E-state index in [0.29, 0.717) is 0 Å². The quantitative estimate of drug-likeness (QED) is 0.653. The van der Waals surface area contributed by atoms with E-state index in [0.717, 1.165) is 23.8 Å². The summed E-state index contributed by atoms with van der Waals surface area (Å²) in [5, 5.41) is 20.8. The van der Waals surface area contributed by atoms with Crippen LogP contribution >= 0.6 is 12.4 Å². The largest absolute Gasteiger partial charge is 0.391 e. The second kappa shape index (κ2) is 7.84. The Balaban J connectivity index is 0.00000242. The molecule has 0 fully saturated rings. The molecule has 0 bridgehead atoms. The third-order valence-electron chi connectivity index (χ3n) is 3.25. The zero-order valence-corrected chi connectivity index (χ0v) is 12.4. The van der Waals surface area contributed by atoms with E-state index in [1.165, 1.54) is 0 Å². The summed E-state index contributed by atoms with van der Waals surface area (Å²) < 4.78 is 13.8. The van der Waals surface area contributed by atoms with Gasteiger partial charge in [0.15, 0.2) is 0 Å². The summed E-state index contributed by atoms with van der Waals surface area (Å²) in [6.45, 7) is 0. The molecule has 2 aromatic carbocycles. The molecule has 2 rings (SSSR count). The van der Waals surface area contributed by atoms with E-state index in [1.807, 2.05) is 30.3 Å². The minimum atomic E-state index is -1.04. The number of nitrogens with two attached hydrogens (primary N) is 1. The van der Waals surface area contributed by atoms with Crippen molar-refractivity contribution in [3.8, 4) is 0 Å². The Hall–Kier alpha value is -2.02. The van der Waals surface area contributed by atoms with Gasteiger partial charge in [0.2, 0.25) is 0 Å². The first kappa shape index (κ1) is 18.0. The maximum atomic E-state index is 13.8. The van der Waals surface area contributed by atoms with E-state index < -0.39 is 22.9 Å². The van der Waals surface area contributed by atoms with E-state index in [2.05, 4.69) is 0 Å². The van der Waals surface area contributed by atoms with E-state index in [-0.39, 0.29) is 30.1 Å². The fourth-order valence-corrected chi connectivity index (χ4v) is 2.09. The second-order valence-electron chi connectivity index (χ2n) is 4.75. The third-order valence-corrected chi connectivity index (χ3v) is 3.25. The van der Waals surface area contributed by atoms with Crippen LogP contribution in [0.25, 0.3) is 0 Å². The van der Waals surface area contributed by atoms with Gasteiger partial charge in [-0.3, -0.25) is 10.1 Å². The molecule has 7 heteroatoms. The van der Waals surface area contributed by atoms with Crippen LogP contribution in [-0.4, -0.2) is 16.1 Å². The lowest BCUT2D eigenvalue weighted by molar-refractivity contribution is -0.385. The molecule has 0 aliphatic carbocycles. The number of hydrogen-bond donors (Lipinski definition) is 2. The predicted octanol–water partition coefficient (Wildman–Crippen LogP) is 2.76. The average molecular weight is 327 g/mol. The Morgan fingerprint density at radius 1 is 1.23 bits per heavy atom. The molecule has 0 aromatic heterocycles. The molecule has 5 nitrogen and oxygen atoms in total. The number of benzene rings is 2. The topological polar surface area (TPSA) is 89.4 Å². The fraction of sp³-hybridized carbons (Fsp3) is 0.200. The number of nitro groups is 1. The molecule has 0 aliphatic rings. The van der Waals surface area contributed by atoms with E-state index >= 15 is 0 Å². The Bertz CT molecular complexity index is 640. The van der Waals surface area contributed by atoms with Crippen LogP contribution in [0.3, 0.4) is 0 Å². The summed E-state index contributed by atoms with van der Waals surface area (Å²) in [5.74, 6) is -0.666. The van der Waals surface area contributed by atoms with Gasteiger partial charge in [-0.25, -0.2) is 4.39 Å². The van der Waals surface area contributed by atoms with Crippen LogP contribution < -0.4 is 5.73 Å². The van der Waals surface area contributed by atoms with Gasteiger partial charge in [-0.05, 0) is 11.6 Å². The number of aliphatic hydroxyl groups is 1. The molecule has 0 saturated carbocycles.